The summed E-state index contributed by atoms with van der Waals surface area (Å²) in [7, 11) is 1.60. The van der Waals surface area contributed by atoms with E-state index >= 15 is 0 Å². The molecule has 0 fully saturated rings. The van der Waals surface area contributed by atoms with Crippen LogP contribution in [0.15, 0.2) is 48.5 Å². The van der Waals surface area contributed by atoms with Crippen molar-refractivity contribution in [3.63, 3.8) is 0 Å². The number of ether oxygens (including phenoxy) is 1. The van der Waals surface area contributed by atoms with Gasteiger partial charge in [0.1, 0.15) is 5.75 Å². The number of nitrogens with one attached hydrogen (secondary N) is 1. The molecule has 4 nitrogen and oxygen atoms in total. The fourth-order valence-corrected chi connectivity index (χ4v) is 2.94. The van der Waals surface area contributed by atoms with Gasteiger partial charge in [-0.3, -0.25) is 9.69 Å². The van der Waals surface area contributed by atoms with Crippen LogP contribution in [0, 0.1) is 0 Å². The molecule has 1 N–H and O–H groups in total. The average molecular weight is 310 g/mol. The van der Waals surface area contributed by atoms with E-state index in [-0.39, 0.29) is 5.91 Å². The summed E-state index contributed by atoms with van der Waals surface area (Å²) < 4.78 is 5.15. The number of carbonyl (C=O) groups is 1. The number of hydrogen-bond acceptors (Lipinski definition) is 3. The molecular formula is C19H22N2O2. The van der Waals surface area contributed by atoms with Crippen molar-refractivity contribution in [1.29, 1.82) is 0 Å². The van der Waals surface area contributed by atoms with E-state index in [4.69, 9.17) is 4.74 Å². The number of carbonyl (C=O) groups excluding carboxylic acids is 1. The van der Waals surface area contributed by atoms with Crippen LogP contribution in [0.5, 0.6) is 5.75 Å². The highest BCUT2D eigenvalue weighted by atomic mass is 16.5. The molecule has 1 amide bonds. The zero-order valence-corrected chi connectivity index (χ0v) is 13.4. The van der Waals surface area contributed by atoms with Crippen molar-refractivity contribution < 1.29 is 9.53 Å². The highest BCUT2D eigenvalue weighted by Crippen LogP contribution is 2.17. The minimum absolute atomic E-state index is 0.0543. The van der Waals surface area contributed by atoms with Crippen molar-refractivity contribution in [3.8, 4) is 5.75 Å². The number of amides is 1. The fraction of sp³-hybridized carbons (Fsp3) is 0.316. The highest BCUT2D eigenvalue weighted by Gasteiger charge is 2.15. The smallest absolute Gasteiger partial charge is 0.251 e. The molecule has 2 aromatic rings. The highest BCUT2D eigenvalue weighted by molar-refractivity contribution is 5.94. The molecule has 1 aliphatic heterocycles. The third-order valence-corrected chi connectivity index (χ3v) is 4.26. The number of hydrogen-bond donors (Lipinski definition) is 1. The van der Waals surface area contributed by atoms with Gasteiger partial charge in [-0.25, -0.2) is 0 Å². The van der Waals surface area contributed by atoms with Gasteiger partial charge in [-0.15, -0.1) is 0 Å². The number of rotatable bonds is 5. The van der Waals surface area contributed by atoms with Gasteiger partial charge in [-0.05, 0) is 35.7 Å². The van der Waals surface area contributed by atoms with Gasteiger partial charge in [0, 0.05) is 31.7 Å². The first-order valence-corrected chi connectivity index (χ1v) is 7.97. The van der Waals surface area contributed by atoms with Crippen LogP contribution in [-0.2, 0) is 13.0 Å². The van der Waals surface area contributed by atoms with Crippen LogP contribution in [0.2, 0.25) is 0 Å². The summed E-state index contributed by atoms with van der Waals surface area (Å²) in [5.41, 5.74) is 3.48. The Bertz CT molecular complexity index is 685. The van der Waals surface area contributed by atoms with Gasteiger partial charge in [0.25, 0.3) is 5.91 Å². The zero-order valence-electron chi connectivity index (χ0n) is 13.4. The van der Waals surface area contributed by atoms with Crippen LogP contribution in [0.25, 0.3) is 0 Å². The Morgan fingerprint density at radius 3 is 2.83 bits per heavy atom. The summed E-state index contributed by atoms with van der Waals surface area (Å²) >= 11 is 0. The Labute approximate surface area is 137 Å². The van der Waals surface area contributed by atoms with Crippen molar-refractivity contribution in [1.82, 2.24) is 10.2 Å². The van der Waals surface area contributed by atoms with Crippen LogP contribution in [0.3, 0.4) is 0 Å². The zero-order chi connectivity index (χ0) is 16.1. The summed E-state index contributed by atoms with van der Waals surface area (Å²) in [6.07, 6.45) is 1.08. The number of methoxy groups -OCH3 is 1. The molecule has 3 rings (SSSR count). The van der Waals surface area contributed by atoms with E-state index in [0.717, 1.165) is 26.1 Å². The molecule has 0 atom stereocenters. The van der Waals surface area contributed by atoms with Crippen molar-refractivity contribution in [2.45, 2.75) is 13.0 Å². The molecule has 120 valence electrons. The predicted octanol–water partition coefficient (Wildman–Crippen LogP) is 2.48. The molecular weight excluding hydrogens is 288 g/mol. The molecule has 23 heavy (non-hydrogen) atoms. The van der Waals surface area contributed by atoms with Crippen LogP contribution in [0.1, 0.15) is 21.5 Å². The Morgan fingerprint density at radius 1 is 1.17 bits per heavy atom. The summed E-state index contributed by atoms with van der Waals surface area (Å²) in [6, 6.07) is 15.8. The summed E-state index contributed by atoms with van der Waals surface area (Å²) in [5, 5.41) is 2.99. The van der Waals surface area contributed by atoms with E-state index in [0.29, 0.717) is 17.9 Å². The lowest BCUT2D eigenvalue weighted by Crippen LogP contribution is -2.37. The average Bonchev–Trinajstić information content (AvgIpc) is 2.61. The Kier molecular flexibility index (Phi) is 4.93. The van der Waals surface area contributed by atoms with Crippen LogP contribution in [0.4, 0.5) is 0 Å². The van der Waals surface area contributed by atoms with Gasteiger partial charge in [0.2, 0.25) is 0 Å². The minimum atomic E-state index is -0.0543. The monoisotopic (exact) mass is 310 g/mol. The molecule has 0 spiro atoms. The van der Waals surface area contributed by atoms with E-state index in [2.05, 4.69) is 34.5 Å². The number of nitrogens with zero attached hydrogens (tertiary/aromatic N) is 1. The molecule has 0 bridgehead atoms. The molecule has 0 saturated heterocycles. The van der Waals surface area contributed by atoms with E-state index < -0.39 is 0 Å². The van der Waals surface area contributed by atoms with Crippen molar-refractivity contribution in [2.75, 3.05) is 26.7 Å². The maximum atomic E-state index is 12.2. The van der Waals surface area contributed by atoms with Gasteiger partial charge in [-0.2, -0.15) is 0 Å². The quantitative estimate of drug-likeness (QED) is 0.922. The molecule has 4 heteroatoms. The van der Waals surface area contributed by atoms with Crippen LogP contribution < -0.4 is 10.1 Å². The second-order valence-electron chi connectivity index (χ2n) is 5.78. The maximum absolute atomic E-state index is 12.2. The van der Waals surface area contributed by atoms with Crippen molar-refractivity contribution in [3.05, 3.63) is 65.2 Å². The van der Waals surface area contributed by atoms with Crippen molar-refractivity contribution >= 4 is 5.91 Å². The predicted molar refractivity (Wildman–Crippen MR) is 90.8 cm³/mol. The third-order valence-electron chi connectivity index (χ3n) is 4.26. The summed E-state index contributed by atoms with van der Waals surface area (Å²) in [6.45, 7) is 3.53. The molecule has 0 aromatic heterocycles. The fourth-order valence-electron chi connectivity index (χ4n) is 2.94. The van der Waals surface area contributed by atoms with E-state index in [1.165, 1.54) is 11.1 Å². The van der Waals surface area contributed by atoms with Gasteiger partial charge in [-0.1, -0.05) is 30.3 Å². The molecule has 0 unspecified atom stereocenters. The van der Waals surface area contributed by atoms with E-state index in [1.54, 1.807) is 19.2 Å². The first kappa shape index (κ1) is 15.6. The lowest BCUT2D eigenvalue weighted by atomic mass is 10.00. The van der Waals surface area contributed by atoms with Gasteiger partial charge < -0.3 is 10.1 Å². The molecule has 0 radical (unpaired) electrons. The minimum Gasteiger partial charge on any atom is -0.497 e. The Hall–Kier alpha value is -2.33. The van der Waals surface area contributed by atoms with Crippen LogP contribution in [-0.4, -0.2) is 37.6 Å². The molecule has 1 aliphatic rings. The molecule has 0 saturated carbocycles. The lowest BCUT2D eigenvalue weighted by molar-refractivity contribution is 0.0947. The SMILES string of the molecule is COc1cccc(C(=O)NCCN2CCc3ccccc3C2)c1. The summed E-state index contributed by atoms with van der Waals surface area (Å²) in [4.78, 5) is 14.6. The Morgan fingerprint density at radius 2 is 2.00 bits per heavy atom. The first-order chi connectivity index (χ1) is 11.3. The molecule has 1 heterocycles. The topological polar surface area (TPSA) is 41.6 Å². The van der Waals surface area contributed by atoms with Crippen molar-refractivity contribution in [2.24, 2.45) is 0 Å². The maximum Gasteiger partial charge on any atom is 0.251 e. The first-order valence-electron chi connectivity index (χ1n) is 7.97. The van der Waals surface area contributed by atoms with Gasteiger partial charge in [0.05, 0.1) is 7.11 Å². The van der Waals surface area contributed by atoms with Gasteiger partial charge >= 0.3 is 0 Å². The van der Waals surface area contributed by atoms with E-state index in [9.17, 15) is 4.79 Å². The van der Waals surface area contributed by atoms with Gasteiger partial charge in [0.15, 0.2) is 0 Å². The lowest BCUT2D eigenvalue weighted by Gasteiger charge is -2.28. The van der Waals surface area contributed by atoms with E-state index in [1.807, 2.05) is 12.1 Å². The normalized spacial score (nSPS) is 14.1. The third kappa shape index (κ3) is 3.90. The largest absolute Gasteiger partial charge is 0.497 e. The second-order valence-corrected chi connectivity index (χ2v) is 5.78. The number of fused-ring (bicyclic) bond motifs is 1. The Balaban J connectivity index is 1.49. The second kappa shape index (κ2) is 7.29. The van der Waals surface area contributed by atoms with Crippen LogP contribution >= 0.6 is 0 Å². The number of benzene rings is 2. The standard InChI is InChI=1S/C19H22N2O2/c1-23-18-8-4-7-16(13-18)19(22)20-10-12-21-11-9-15-5-2-3-6-17(15)14-21/h2-8,13H,9-12,14H2,1H3,(H,20,22). The summed E-state index contributed by atoms with van der Waals surface area (Å²) in [5.74, 6) is 0.645. The molecule has 0 aliphatic carbocycles. The molecule has 2 aromatic carbocycles.